The van der Waals surface area contributed by atoms with Gasteiger partial charge in [0.05, 0.1) is 0 Å². The van der Waals surface area contributed by atoms with E-state index in [1.165, 1.54) is 73.4 Å². The van der Waals surface area contributed by atoms with Crippen LogP contribution in [-0.2, 0) is 0 Å². The van der Waals surface area contributed by atoms with E-state index in [-0.39, 0.29) is 0 Å². The summed E-state index contributed by atoms with van der Waals surface area (Å²) in [5, 5.41) is 7.93. The summed E-state index contributed by atoms with van der Waals surface area (Å²) in [6.07, 6.45) is 0. The van der Waals surface area contributed by atoms with Crippen molar-refractivity contribution in [3.05, 3.63) is 176 Å². The van der Waals surface area contributed by atoms with E-state index < -0.39 is 0 Å². The molecule has 8 aromatic carbocycles. The van der Waals surface area contributed by atoms with Crippen LogP contribution in [0.2, 0.25) is 0 Å². The van der Waals surface area contributed by atoms with Crippen molar-refractivity contribution in [3.8, 4) is 22.3 Å². The van der Waals surface area contributed by atoms with Crippen LogP contribution in [0.25, 0.3) is 73.4 Å². The molecular weight excluding hydrogens is 631 g/mol. The van der Waals surface area contributed by atoms with Crippen LogP contribution in [0, 0.1) is 0 Å². The van der Waals surface area contributed by atoms with Crippen LogP contribution in [0.3, 0.4) is 0 Å². The molecule has 49 heavy (non-hydrogen) atoms. The summed E-state index contributed by atoms with van der Waals surface area (Å²) < 4.78 is 5.30. The van der Waals surface area contributed by atoms with Gasteiger partial charge in [0.25, 0.3) is 0 Å². The van der Waals surface area contributed by atoms with Crippen LogP contribution >= 0.6 is 22.7 Å². The van der Waals surface area contributed by atoms with E-state index in [9.17, 15) is 0 Å². The largest absolute Gasteiger partial charge is 0.310 e. The predicted molar refractivity (Wildman–Crippen MR) is 215 cm³/mol. The third kappa shape index (κ3) is 4.82. The van der Waals surface area contributed by atoms with Crippen molar-refractivity contribution in [2.75, 3.05) is 4.90 Å². The Morgan fingerprint density at radius 1 is 0.306 bits per heavy atom. The Balaban J connectivity index is 1.06. The minimum absolute atomic E-state index is 1.13. The highest BCUT2D eigenvalue weighted by atomic mass is 32.1. The standard InChI is InChI=1S/C46H29NS2/c1-2-8-30(9-3-1)31-14-20-35(21-15-31)47(37-24-26-40-39-10-4-6-12-42(39)49-45(40)29-37)36-22-16-32(17-23-36)33-18-25-38-34(28-33)19-27-44-46(38)41-11-5-7-13-43(41)48-44/h1-29H. The van der Waals surface area contributed by atoms with Crippen LogP contribution < -0.4 is 4.90 Å². The molecule has 0 atom stereocenters. The van der Waals surface area contributed by atoms with E-state index in [4.69, 9.17) is 0 Å². The van der Waals surface area contributed by atoms with Gasteiger partial charge < -0.3 is 4.90 Å². The second-order valence-corrected chi connectivity index (χ2v) is 14.7. The summed E-state index contributed by atoms with van der Waals surface area (Å²) in [4.78, 5) is 2.38. The summed E-state index contributed by atoms with van der Waals surface area (Å²) in [6.45, 7) is 0. The lowest BCUT2D eigenvalue weighted by Gasteiger charge is -2.26. The van der Waals surface area contributed by atoms with Crippen LogP contribution in [0.4, 0.5) is 17.1 Å². The summed E-state index contributed by atoms with van der Waals surface area (Å²) in [6, 6.07) is 64.4. The third-order valence-electron chi connectivity index (χ3n) is 9.67. The average Bonchev–Trinajstić information content (AvgIpc) is 3.74. The van der Waals surface area contributed by atoms with Crippen LogP contribution in [0.1, 0.15) is 0 Å². The lowest BCUT2D eigenvalue weighted by atomic mass is 9.98. The first-order chi connectivity index (χ1) is 24.3. The van der Waals surface area contributed by atoms with Crippen molar-refractivity contribution in [2.45, 2.75) is 0 Å². The first kappa shape index (κ1) is 28.3. The van der Waals surface area contributed by atoms with Gasteiger partial charge >= 0.3 is 0 Å². The fraction of sp³-hybridized carbons (Fsp3) is 0. The number of benzene rings is 8. The molecule has 0 amide bonds. The zero-order valence-electron chi connectivity index (χ0n) is 26.5. The second-order valence-electron chi connectivity index (χ2n) is 12.5. The molecule has 1 nitrogen and oxygen atoms in total. The fourth-order valence-corrected chi connectivity index (χ4v) is 9.53. The minimum Gasteiger partial charge on any atom is -0.310 e. The maximum atomic E-state index is 2.38. The summed E-state index contributed by atoms with van der Waals surface area (Å²) in [7, 11) is 0. The van der Waals surface area contributed by atoms with E-state index >= 15 is 0 Å². The zero-order valence-corrected chi connectivity index (χ0v) is 28.1. The molecule has 0 radical (unpaired) electrons. The molecule has 0 N–H and O–H groups in total. The second kappa shape index (κ2) is 11.5. The molecular formula is C46H29NS2. The molecule has 0 bridgehead atoms. The molecule has 2 heterocycles. The maximum Gasteiger partial charge on any atom is 0.0476 e. The van der Waals surface area contributed by atoms with Crippen molar-refractivity contribution in [3.63, 3.8) is 0 Å². The van der Waals surface area contributed by atoms with Gasteiger partial charge in [0.15, 0.2) is 0 Å². The first-order valence-corrected chi connectivity index (χ1v) is 18.2. The molecule has 0 unspecified atom stereocenters. The average molecular weight is 660 g/mol. The minimum atomic E-state index is 1.13. The SMILES string of the molecule is c1ccc(-c2ccc(N(c3ccc(-c4ccc5c(ccc6sc7ccccc7c65)c4)cc3)c3ccc4c(c3)sc3ccccc34)cc2)cc1. The van der Waals surface area contributed by atoms with Gasteiger partial charge in [0.2, 0.25) is 0 Å². The van der Waals surface area contributed by atoms with Gasteiger partial charge in [-0.05, 0) is 93.7 Å². The number of thiophene rings is 2. The highest BCUT2D eigenvalue weighted by Gasteiger charge is 2.16. The predicted octanol–water partition coefficient (Wildman–Crippen LogP) is 14.4. The van der Waals surface area contributed by atoms with Crippen molar-refractivity contribution in [1.29, 1.82) is 0 Å². The van der Waals surface area contributed by atoms with E-state index in [2.05, 4.69) is 181 Å². The molecule has 0 aliphatic heterocycles. The number of fused-ring (bicyclic) bond motifs is 8. The van der Waals surface area contributed by atoms with Crippen molar-refractivity contribution in [2.24, 2.45) is 0 Å². The number of nitrogens with zero attached hydrogens (tertiary/aromatic N) is 1. The Bertz CT molecular complexity index is 2810. The summed E-state index contributed by atoms with van der Waals surface area (Å²) in [5.41, 5.74) is 8.28. The molecule has 10 aromatic rings. The molecule has 2 aromatic heterocycles. The van der Waals surface area contributed by atoms with Gasteiger partial charge in [-0.1, -0.05) is 115 Å². The molecule has 0 spiro atoms. The monoisotopic (exact) mass is 659 g/mol. The Kier molecular flexibility index (Phi) is 6.61. The topological polar surface area (TPSA) is 3.24 Å². The van der Waals surface area contributed by atoms with Gasteiger partial charge in [0, 0.05) is 57.4 Å². The quantitative estimate of drug-likeness (QED) is 0.178. The smallest absolute Gasteiger partial charge is 0.0476 e. The number of rotatable bonds is 5. The van der Waals surface area contributed by atoms with Crippen molar-refractivity contribution < 1.29 is 0 Å². The Morgan fingerprint density at radius 2 is 0.837 bits per heavy atom. The fourth-order valence-electron chi connectivity index (χ4n) is 7.27. The highest BCUT2D eigenvalue weighted by molar-refractivity contribution is 7.26. The van der Waals surface area contributed by atoms with Crippen LogP contribution in [-0.4, -0.2) is 0 Å². The first-order valence-electron chi connectivity index (χ1n) is 16.6. The van der Waals surface area contributed by atoms with E-state index in [1.54, 1.807) is 0 Å². The van der Waals surface area contributed by atoms with E-state index in [0.717, 1.165) is 17.1 Å². The normalized spacial score (nSPS) is 11.7. The Hall–Kier alpha value is -5.74. The van der Waals surface area contributed by atoms with E-state index in [1.807, 2.05) is 22.7 Å². The molecule has 3 heteroatoms. The van der Waals surface area contributed by atoms with Crippen molar-refractivity contribution in [1.82, 2.24) is 0 Å². The van der Waals surface area contributed by atoms with E-state index in [0.29, 0.717) is 0 Å². The van der Waals surface area contributed by atoms with Crippen LogP contribution in [0.5, 0.6) is 0 Å². The van der Waals surface area contributed by atoms with Gasteiger partial charge in [-0.3, -0.25) is 0 Å². The lowest BCUT2D eigenvalue weighted by molar-refractivity contribution is 1.29. The number of hydrogen-bond acceptors (Lipinski definition) is 3. The van der Waals surface area contributed by atoms with Gasteiger partial charge in [-0.25, -0.2) is 0 Å². The number of anilines is 3. The van der Waals surface area contributed by atoms with Crippen molar-refractivity contribution >= 4 is 90.9 Å². The molecule has 10 rings (SSSR count). The molecule has 0 aliphatic rings. The third-order valence-corrected chi connectivity index (χ3v) is 11.9. The molecule has 0 saturated carbocycles. The maximum absolute atomic E-state index is 2.38. The molecule has 230 valence electrons. The van der Waals surface area contributed by atoms with Gasteiger partial charge in [0.1, 0.15) is 0 Å². The summed E-state index contributed by atoms with van der Waals surface area (Å²) >= 11 is 3.73. The molecule has 0 fully saturated rings. The molecule has 0 saturated heterocycles. The summed E-state index contributed by atoms with van der Waals surface area (Å²) in [5.74, 6) is 0. The lowest BCUT2D eigenvalue weighted by Crippen LogP contribution is -2.09. The Labute approximate surface area is 292 Å². The zero-order chi connectivity index (χ0) is 32.3. The Morgan fingerprint density at radius 3 is 1.59 bits per heavy atom. The molecule has 0 aliphatic carbocycles. The van der Waals surface area contributed by atoms with Gasteiger partial charge in [-0.15, -0.1) is 22.7 Å². The van der Waals surface area contributed by atoms with Gasteiger partial charge in [-0.2, -0.15) is 0 Å². The van der Waals surface area contributed by atoms with Crippen LogP contribution in [0.15, 0.2) is 176 Å². The highest BCUT2D eigenvalue weighted by Crippen LogP contribution is 2.42. The number of hydrogen-bond donors (Lipinski definition) is 0.